The predicted octanol–water partition coefficient (Wildman–Crippen LogP) is 7.95. The van der Waals surface area contributed by atoms with Gasteiger partial charge < -0.3 is 20.1 Å². The van der Waals surface area contributed by atoms with Gasteiger partial charge >= 0.3 is 11.9 Å². The summed E-state index contributed by atoms with van der Waals surface area (Å²) >= 11 is 6.00. The summed E-state index contributed by atoms with van der Waals surface area (Å²) in [6.07, 6.45) is -0.0965. The Hall–Kier alpha value is -3.44. The molecule has 0 saturated heterocycles. The van der Waals surface area contributed by atoms with Gasteiger partial charge in [-0.25, -0.2) is 4.79 Å². The van der Waals surface area contributed by atoms with Crippen LogP contribution in [0.15, 0.2) is 54.6 Å². The van der Waals surface area contributed by atoms with E-state index in [1.54, 1.807) is 46.9 Å². The van der Waals surface area contributed by atoms with Crippen molar-refractivity contribution in [1.29, 1.82) is 0 Å². The summed E-state index contributed by atoms with van der Waals surface area (Å²) < 4.78 is 5.24. The van der Waals surface area contributed by atoms with E-state index < -0.39 is 11.9 Å². The molecule has 6 nitrogen and oxygen atoms in total. The van der Waals surface area contributed by atoms with Crippen molar-refractivity contribution in [2.24, 2.45) is 0 Å². The molecular weight excluding hydrogens is 549 g/mol. The van der Waals surface area contributed by atoms with Gasteiger partial charge in [-0.3, -0.25) is 4.79 Å². The molecule has 3 N–H and O–H groups in total. The summed E-state index contributed by atoms with van der Waals surface area (Å²) in [5.41, 5.74) is 2.67. The zero-order chi connectivity index (χ0) is 26.3. The highest BCUT2D eigenvalue weighted by molar-refractivity contribution is 7.29. The van der Waals surface area contributed by atoms with Gasteiger partial charge in [-0.2, -0.15) is 0 Å². The highest BCUT2D eigenvalue weighted by Crippen LogP contribution is 2.47. The van der Waals surface area contributed by atoms with Gasteiger partial charge in [0.15, 0.2) is 11.5 Å². The number of aliphatic carboxylic acids is 1. The van der Waals surface area contributed by atoms with Gasteiger partial charge in [0.25, 0.3) is 0 Å². The number of carboxylic acids is 2. The molecule has 0 spiro atoms. The second-order valence-corrected chi connectivity index (χ2v) is 12.4. The predicted molar refractivity (Wildman–Crippen MR) is 151 cm³/mol. The van der Waals surface area contributed by atoms with Crippen molar-refractivity contribution in [1.82, 2.24) is 0 Å². The summed E-state index contributed by atoms with van der Waals surface area (Å²) in [6.45, 7) is 2.04. The summed E-state index contributed by atoms with van der Waals surface area (Å²) in [5, 5.41) is 28.7. The number of thiophene rings is 4. The fourth-order valence-corrected chi connectivity index (χ4v) is 8.52. The largest absolute Gasteiger partial charge is 0.504 e. The molecule has 0 fully saturated rings. The number of carbonyl (C=O) groups is 2. The smallest absolute Gasteiger partial charge is 0.345 e. The van der Waals surface area contributed by atoms with E-state index in [0.717, 1.165) is 50.8 Å². The normalized spacial score (nSPS) is 11.1. The molecule has 5 rings (SSSR count). The van der Waals surface area contributed by atoms with E-state index in [2.05, 4.69) is 6.07 Å². The van der Waals surface area contributed by atoms with Crippen LogP contribution in [0, 0.1) is 6.92 Å². The lowest BCUT2D eigenvalue weighted by atomic mass is 10.1. The lowest BCUT2D eigenvalue weighted by molar-refractivity contribution is -0.136. The van der Waals surface area contributed by atoms with E-state index in [0.29, 0.717) is 10.6 Å². The molecule has 4 aromatic heterocycles. The molecule has 0 aliphatic carbocycles. The number of phenols is 1. The fourth-order valence-electron chi connectivity index (χ4n) is 3.92. The van der Waals surface area contributed by atoms with Gasteiger partial charge in [0.2, 0.25) is 0 Å². The average Bonchev–Trinajstić information content (AvgIpc) is 3.64. The van der Waals surface area contributed by atoms with Crippen LogP contribution in [0.4, 0.5) is 0 Å². The molecule has 37 heavy (non-hydrogen) atoms. The SMILES string of the molecule is COc1cc(-c2cc(CC(=O)O)c(-c3ccc(-c4sc(-c5ccc(C(=O)O)s5)cc4C)s3)s2)ccc1O. The second-order valence-electron chi connectivity index (χ2n) is 8.18. The topological polar surface area (TPSA) is 104 Å². The minimum Gasteiger partial charge on any atom is -0.504 e. The van der Waals surface area contributed by atoms with Gasteiger partial charge in [0, 0.05) is 34.1 Å². The molecule has 0 saturated carbocycles. The number of aryl methyl sites for hydroxylation is 1. The lowest BCUT2D eigenvalue weighted by Gasteiger charge is -2.05. The first-order valence-corrected chi connectivity index (χ1v) is 14.3. The molecule has 1 aromatic carbocycles. The molecular formula is C27H20O6S4. The minimum absolute atomic E-state index is 0.0455. The Morgan fingerprint density at radius 1 is 0.784 bits per heavy atom. The van der Waals surface area contributed by atoms with E-state index in [1.807, 2.05) is 31.2 Å². The third-order valence-corrected chi connectivity index (χ3v) is 10.8. The number of aromatic hydroxyl groups is 1. The number of benzene rings is 1. The van der Waals surface area contributed by atoms with Crippen molar-refractivity contribution in [3.8, 4) is 51.2 Å². The number of rotatable bonds is 8. The second kappa shape index (κ2) is 10.1. The van der Waals surface area contributed by atoms with E-state index >= 15 is 0 Å². The quantitative estimate of drug-likeness (QED) is 0.175. The van der Waals surface area contributed by atoms with E-state index in [-0.39, 0.29) is 12.2 Å². The Kier molecular flexibility index (Phi) is 6.91. The van der Waals surface area contributed by atoms with Gasteiger partial charge in [-0.15, -0.1) is 45.3 Å². The van der Waals surface area contributed by atoms with Crippen LogP contribution in [0.25, 0.3) is 39.7 Å². The zero-order valence-corrected chi connectivity index (χ0v) is 22.9. The van der Waals surface area contributed by atoms with E-state index in [4.69, 9.17) is 4.74 Å². The first kappa shape index (κ1) is 25.2. The van der Waals surface area contributed by atoms with Crippen LogP contribution >= 0.6 is 45.3 Å². The van der Waals surface area contributed by atoms with Crippen LogP contribution < -0.4 is 4.74 Å². The molecule has 0 bridgehead atoms. The standard InChI is InChI=1S/C27H20O6S4/c1-13-9-23(18-5-8-21(34-18)27(31)32)37-25(13)19-6-7-20(35-19)26-15(12-24(29)30)11-22(36-26)14-3-4-16(28)17(10-14)33-2/h3-11,28H,12H2,1-2H3,(H,29,30)(H,31,32). The molecule has 0 unspecified atom stereocenters. The van der Waals surface area contributed by atoms with Crippen LogP contribution in [0.1, 0.15) is 20.8 Å². The number of methoxy groups -OCH3 is 1. The number of aromatic carboxylic acids is 1. The summed E-state index contributed by atoms with van der Waals surface area (Å²) in [5.74, 6) is -1.42. The maximum absolute atomic E-state index is 11.6. The molecule has 0 amide bonds. The molecule has 10 heteroatoms. The molecule has 4 heterocycles. The van der Waals surface area contributed by atoms with Crippen LogP contribution in [-0.2, 0) is 11.2 Å². The summed E-state index contributed by atoms with van der Waals surface area (Å²) in [7, 11) is 1.49. The number of phenolic OH excluding ortho intramolecular Hbond substituents is 1. The first-order chi connectivity index (χ1) is 17.7. The van der Waals surface area contributed by atoms with Crippen molar-refractivity contribution < 1.29 is 29.6 Å². The van der Waals surface area contributed by atoms with Crippen molar-refractivity contribution in [2.75, 3.05) is 7.11 Å². The van der Waals surface area contributed by atoms with Gasteiger partial charge in [-0.05, 0) is 78.2 Å². The Bertz CT molecular complexity index is 1630. The minimum atomic E-state index is -0.925. The van der Waals surface area contributed by atoms with Crippen LogP contribution in [-0.4, -0.2) is 34.4 Å². The molecule has 0 radical (unpaired) electrons. The van der Waals surface area contributed by atoms with Crippen LogP contribution in [0.2, 0.25) is 0 Å². The maximum atomic E-state index is 11.6. The Labute approximate surface area is 228 Å². The third kappa shape index (κ3) is 5.05. The number of hydrogen-bond donors (Lipinski definition) is 3. The van der Waals surface area contributed by atoms with Crippen molar-refractivity contribution in [2.45, 2.75) is 13.3 Å². The molecule has 0 aliphatic heterocycles. The van der Waals surface area contributed by atoms with Crippen molar-refractivity contribution in [3.63, 3.8) is 0 Å². The Morgan fingerprint density at radius 2 is 1.49 bits per heavy atom. The van der Waals surface area contributed by atoms with E-state index in [1.165, 1.54) is 29.8 Å². The number of ether oxygens (including phenoxy) is 1. The van der Waals surface area contributed by atoms with Crippen molar-refractivity contribution >= 4 is 57.3 Å². The number of hydrogen-bond acceptors (Lipinski definition) is 8. The summed E-state index contributed by atoms with van der Waals surface area (Å²) in [6, 6.07) is 16.6. The average molecular weight is 569 g/mol. The monoisotopic (exact) mass is 568 g/mol. The lowest BCUT2D eigenvalue weighted by Crippen LogP contribution is -1.99. The molecule has 0 atom stereocenters. The Balaban J connectivity index is 1.51. The van der Waals surface area contributed by atoms with Gasteiger partial charge in [0.05, 0.1) is 13.5 Å². The Morgan fingerprint density at radius 3 is 2.16 bits per heavy atom. The van der Waals surface area contributed by atoms with E-state index in [9.17, 15) is 24.9 Å². The van der Waals surface area contributed by atoms with Gasteiger partial charge in [0.1, 0.15) is 4.88 Å². The first-order valence-electron chi connectivity index (χ1n) is 11.0. The molecule has 188 valence electrons. The maximum Gasteiger partial charge on any atom is 0.345 e. The fraction of sp³-hybridized carbons (Fsp3) is 0.111. The highest BCUT2D eigenvalue weighted by atomic mass is 32.1. The zero-order valence-electron chi connectivity index (χ0n) is 19.6. The molecule has 0 aliphatic rings. The third-order valence-electron chi connectivity index (χ3n) is 5.65. The highest BCUT2D eigenvalue weighted by Gasteiger charge is 2.19. The van der Waals surface area contributed by atoms with Gasteiger partial charge in [-0.1, -0.05) is 0 Å². The van der Waals surface area contributed by atoms with Crippen molar-refractivity contribution in [3.05, 3.63) is 70.6 Å². The van der Waals surface area contributed by atoms with Crippen LogP contribution in [0.3, 0.4) is 0 Å². The summed E-state index contributed by atoms with van der Waals surface area (Å²) in [4.78, 5) is 30.1. The van der Waals surface area contributed by atoms with Crippen LogP contribution in [0.5, 0.6) is 11.5 Å². The molecule has 5 aromatic rings. The number of carboxylic acid groups (broad SMARTS) is 2.